The molecule has 0 N–H and O–H groups in total. The average molecular weight is 474 g/mol. The van der Waals surface area contributed by atoms with Crippen molar-refractivity contribution in [1.82, 2.24) is 15.0 Å². The van der Waals surface area contributed by atoms with Crippen LogP contribution in [0.2, 0.25) is 0 Å². The van der Waals surface area contributed by atoms with Crippen LogP contribution < -0.4 is 9.84 Å². The van der Waals surface area contributed by atoms with Crippen molar-refractivity contribution in [3.63, 3.8) is 0 Å². The van der Waals surface area contributed by atoms with Gasteiger partial charge >= 0.3 is 0 Å². The molecule has 3 aromatic rings. The SMILES string of the molecule is CC(C)Oc1ccc(-c2nc(-c3ccc4c(c3)CCN(C(=O)[O-])CC4C(C)(C)C)no2)cc1C#N. The maximum absolute atomic E-state index is 11.6. The molecule has 1 atom stereocenters. The number of fused-ring (bicyclic) bond motifs is 1. The summed E-state index contributed by atoms with van der Waals surface area (Å²) in [6.07, 6.45) is -0.610. The zero-order chi connectivity index (χ0) is 25.3. The normalized spacial score (nSPS) is 15.9. The van der Waals surface area contributed by atoms with Gasteiger partial charge in [0, 0.05) is 30.1 Å². The molecule has 8 heteroatoms. The molecule has 0 radical (unpaired) electrons. The lowest BCUT2D eigenvalue weighted by atomic mass is 9.75. The van der Waals surface area contributed by atoms with Gasteiger partial charge in [-0.05, 0) is 61.1 Å². The number of amides is 1. The number of rotatable bonds is 4. The highest BCUT2D eigenvalue weighted by Gasteiger charge is 2.32. The van der Waals surface area contributed by atoms with Crippen LogP contribution in [-0.4, -0.2) is 40.3 Å². The first-order valence-electron chi connectivity index (χ1n) is 11.7. The molecule has 0 spiro atoms. The van der Waals surface area contributed by atoms with Gasteiger partial charge in [0.15, 0.2) is 0 Å². The van der Waals surface area contributed by atoms with Gasteiger partial charge in [0.1, 0.15) is 17.9 Å². The number of carbonyl (C=O) groups excluding carboxylic acids is 1. The monoisotopic (exact) mass is 473 g/mol. The van der Waals surface area contributed by atoms with Crippen LogP contribution in [0.3, 0.4) is 0 Å². The van der Waals surface area contributed by atoms with Crippen LogP contribution in [0, 0.1) is 16.7 Å². The summed E-state index contributed by atoms with van der Waals surface area (Å²) in [6, 6.07) is 13.4. The highest BCUT2D eigenvalue weighted by atomic mass is 16.5. The molecule has 1 aromatic heterocycles. The highest BCUT2D eigenvalue weighted by molar-refractivity contribution is 5.65. The molecule has 8 nitrogen and oxygen atoms in total. The maximum Gasteiger partial charge on any atom is 0.258 e. The fraction of sp³-hybridized carbons (Fsp3) is 0.407. The van der Waals surface area contributed by atoms with Crippen LogP contribution in [0.25, 0.3) is 22.8 Å². The largest absolute Gasteiger partial charge is 0.530 e. The van der Waals surface area contributed by atoms with E-state index in [1.165, 1.54) is 4.90 Å². The molecule has 4 rings (SSSR count). The van der Waals surface area contributed by atoms with E-state index in [0.717, 1.165) is 16.7 Å². The number of nitriles is 1. The molecule has 1 aliphatic rings. The van der Waals surface area contributed by atoms with E-state index >= 15 is 0 Å². The van der Waals surface area contributed by atoms with Crippen LogP contribution in [-0.2, 0) is 6.42 Å². The van der Waals surface area contributed by atoms with Crippen LogP contribution >= 0.6 is 0 Å². The minimum absolute atomic E-state index is 0.0313. The summed E-state index contributed by atoms with van der Waals surface area (Å²) in [5, 5.41) is 25.3. The van der Waals surface area contributed by atoms with E-state index in [9.17, 15) is 15.2 Å². The van der Waals surface area contributed by atoms with E-state index in [-0.39, 0.29) is 17.4 Å². The van der Waals surface area contributed by atoms with Gasteiger partial charge in [0.25, 0.3) is 5.89 Å². The summed E-state index contributed by atoms with van der Waals surface area (Å²) >= 11 is 0. The highest BCUT2D eigenvalue weighted by Crippen LogP contribution is 2.40. The molecule has 1 unspecified atom stereocenters. The Morgan fingerprint density at radius 3 is 2.63 bits per heavy atom. The van der Waals surface area contributed by atoms with E-state index in [2.05, 4.69) is 37.0 Å². The van der Waals surface area contributed by atoms with Gasteiger partial charge in [-0.3, -0.25) is 0 Å². The number of benzene rings is 2. The topological polar surface area (TPSA) is 115 Å². The molecular weight excluding hydrogens is 444 g/mol. The Labute approximate surface area is 205 Å². The molecule has 1 amide bonds. The smallest absolute Gasteiger partial charge is 0.258 e. The second kappa shape index (κ2) is 9.41. The third-order valence-electron chi connectivity index (χ3n) is 6.27. The number of hydrogen-bond acceptors (Lipinski definition) is 7. The number of carboxylic acid groups (broad SMARTS) is 1. The summed E-state index contributed by atoms with van der Waals surface area (Å²) in [5.41, 5.74) is 3.88. The van der Waals surface area contributed by atoms with E-state index in [1.807, 2.05) is 32.0 Å². The fourth-order valence-electron chi connectivity index (χ4n) is 4.44. The van der Waals surface area contributed by atoms with Gasteiger partial charge in [-0.2, -0.15) is 10.2 Å². The molecule has 0 saturated heterocycles. The second-order valence-electron chi connectivity index (χ2n) is 10.2. The number of aromatic nitrogens is 2. The van der Waals surface area contributed by atoms with Gasteiger partial charge in [0.05, 0.1) is 11.7 Å². The summed E-state index contributed by atoms with van der Waals surface area (Å²) < 4.78 is 11.2. The van der Waals surface area contributed by atoms with E-state index in [1.54, 1.807) is 18.2 Å². The Bertz CT molecular complexity index is 1280. The van der Waals surface area contributed by atoms with Crippen molar-refractivity contribution in [3.8, 4) is 34.7 Å². The summed E-state index contributed by atoms with van der Waals surface area (Å²) in [5.74, 6) is 1.27. The van der Waals surface area contributed by atoms with E-state index in [0.29, 0.717) is 48.1 Å². The molecule has 35 heavy (non-hydrogen) atoms. The Kier molecular flexibility index (Phi) is 6.53. The van der Waals surface area contributed by atoms with Gasteiger partial charge in [0.2, 0.25) is 5.82 Å². The van der Waals surface area contributed by atoms with Gasteiger partial charge in [-0.15, -0.1) is 0 Å². The van der Waals surface area contributed by atoms with Crippen molar-refractivity contribution in [2.24, 2.45) is 5.41 Å². The number of hydrogen-bond donors (Lipinski definition) is 0. The Morgan fingerprint density at radius 2 is 1.97 bits per heavy atom. The lowest BCUT2D eigenvalue weighted by Crippen LogP contribution is -2.44. The number of ether oxygens (including phenoxy) is 1. The van der Waals surface area contributed by atoms with Gasteiger partial charge in [-0.1, -0.05) is 38.1 Å². The Balaban J connectivity index is 1.66. The zero-order valence-electron chi connectivity index (χ0n) is 20.7. The summed E-state index contributed by atoms with van der Waals surface area (Å²) in [6.45, 7) is 10.9. The van der Waals surface area contributed by atoms with Crippen molar-refractivity contribution in [3.05, 3.63) is 53.1 Å². The molecule has 2 aromatic carbocycles. The van der Waals surface area contributed by atoms with E-state index in [4.69, 9.17) is 9.26 Å². The van der Waals surface area contributed by atoms with Gasteiger partial charge < -0.3 is 24.1 Å². The van der Waals surface area contributed by atoms with Crippen molar-refractivity contribution in [2.75, 3.05) is 13.1 Å². The predicted molar refractivity (Wildman–Crippen MR) is 129 cm³/mol. The quantitative estimate of drug-likeness (QED) is 0.552. The third kappa shape index (κ3) is 5.14. The first-order valence-corrected chi connectivity index (χ1v) is 11.7. The van der Waals surface area contributed by atoms with Crippen LogP contribution in [0.15, 0.2) is 40.9 Å². The first-order chi connectivity index (χ1) is 16.6. The summed E-state index contributed by atoms with van der Waals surface area (Å²) in [7, 11) is 0. The van der Waals surface area contributed by atoms with Crippen LogP contribution in [0.5, 0.6) is 5.75 Å². The molecule has 0 fully saturated rings. The van der Waals surface area contributed by atoms with E-state index < -0.39 is 6.09 Å². The van der Waals surface area contributed by atoms with Crippen LogP contribution in [0.1, 0.15) is 57.2 Å². The zero-order valence-corrected chi connectivity index (χ0v) is 20.7. The molecule has 1 aliphatic heterocycles. The molecule has 0 saturated carbocycles. The Morgan fingerprint density at radius 1 is 1.23 bits per heavy atom. The average Bonchev–Trinajstić information content (AvgIpc) is 3.19. The Hall–Kier alpha value is -3.86. The van der Waals surface area contributed by atoms with Crippen molar-refractivity contribution in [2.45, 2.75) is 53.1 Å². The number of nitrogens with zero attached hydrogens (tertiary/aromatic N) is 4. The third-order valence-corrected chi connectivity index (χ3v) is 6.27. The fourth-order valence-corrected chi connectivity index (χ4v) is 4.44. The summed E-state index contributed by atoms with van der Waals surface area (Å²) in [4.78, 5) is 17.6. The first kappa shape index (κ1) is 24.3. The molecule has 0 aliphatic carbocycles. The molecular formula is C27H29N4O4-. The predicted octanol–water partition coefficient (Wildman–Crippen LogP) is 4.39. The number of carbonyl (C=O) groups is 1. The standard InChI is InChI=1S/C27H30N4O4/c1-16(2)34-23-9-7-19(13-20(23)14-28)25-29-24(30-35-25)18-6-8-21-17(12-18)10-11-31(26(32)33)15-22(21)27(3,4)5/h6-9,12-13,16,22H,10-11,15H2,1-5H3,(H,32,33)/p-1. The molecule has 0 bridgehead atoms. The van der Waals surface area contributed by atoms with Crippen LogP contribution in [0.4, 0.5) is 4.79 Å². The van der Waals surface area contributed by atoms with Crippen molar-refractivity contribution >= 4 is 6.09 Å². The lowest BCUT2D eigenvalue weighted by Gasteiger charge is -2.35. The molecule has 2 heterocycles. The van der Waals surface area contributed by atoms with Gasteiger partial charge in [-0.25, -0.2) is 0 Å². The minimum atomic E-state index is -1.14. The second-order valence-corrected chi connectivity index (χ2v) is 10.2. The maximum atomic E-state index is 11.6. The molecule has 182 valence electrons. The van der Waals surface area contributed by atoms with Crippen molar-refractivity contribution in [1.29, 1.82) is 5.26 Å². The lowest BCUT2D eigenvalue weighted by molar-refractivity contribution is -0.265. The van der Waals surface area contributed by atoms with Crippen molar-refractivity contribution < 1.29 is 19.2 Å². The minimum Gasteiger partial charge on any atom is -0.530 e.